The molecule has 2 rings (SSSR count). The van der Waals surface area contributed by atoms with Gasteiger partial charge in [0.25, 0.3) is 0 Å². The van der Waals surface area contributed by atoms with Crippen LogP contribution in [0.15, 0.2) is 57.9 Å². The van der Waals surface area contributed by atoms with Crippen LogP contribution in [0, 0.1) is 10.1 Å². The lowest BCUT2D eigenvalue weighted by molar-refractivity contribution is -0.401. The summed E-state index contributed by atoms with van der Waals surface area (Å²) in [5.74, 6) is 1.05. The van der Waals surface area contributed by atoms with Crippen molar-refractivity contribution in [3.8, 4) is 0 Å². The largest absolute Gasteiger partial charge is 0.465 e. The molecule has 86 valence electrons. The molecular weight excluding hydrogens is 222 g/mol. The zero-order chi connectivity index (χ0) is 12.1. The van der Waals surface area contributed by atoms with E-state index in [4.69, 9.17) is 8.83 Å². The molecule has 0 aliphatic rings. The first-order chi connectivity index (χ1) is 8.25. The standard InChI is InChI=1S/C12H9NO4/c14-13(15)9-10(12-4-2-8-17-12)5-6-11-3-1-7-16-11/h1-9H/b6-5+,10-9+. The first kappa shape index (κ1) is 10.9. The zero-order valence-corrected chi connectivity index (χ0v) is 8.78. The Morgan fingerprint density at radius 3 is 2.59 bits per heavy atom. The summed E-state index contributed by atoms with van der Waals surface area (Å²) in [6.45, 7) is 0. The van der Waals surface area contributed by atoms with Crippen molar-refractivity contribution >= 4 is 11.6 Å². The van der Waals surface area contributed by atoms with Crippen LogP contribution in [0.25, 0.3) is 11.6 Å². The van der Waals surface area contributed by atoms with Crippen molar-refractivity contribution in [3.63, 3.8) is 0 Å². The topological polar surface area (TPSA) is 69.4 Å². The molecule has 0 N–H and O–H groups in total. The first-order valence-corrected chi connectivity index (χ1v) is 4.86. The van der Waals surface area contributed by atoms with Crippen molar-refractivity contribution in [2.75, 3.05) is 0 Å². The second-order valence-corrected chi connectivity index (χ2v) is 3.20. The Morgan fingerprint density at radius 1 is 1.24 bits per heavy atom. The van der Waals surface area contributed by atoms with E-state index in [1.54, 1.807) is 36.4 Å². The van der Waals surface area contributed by atoms with Crippen LogP contribution in [0.5, 0.6) is 0 Å². The van der Waals surface area contributed by atoms with Gasteiger partial charge < -0.3 is 8.83 Å². The van der Waals surface area contributed by atoms with Gasteiger partial charge in [0, 0.05) is 0 Å². The maximum atomic E-state index is 10.5. The lowest BCUT2D eigenvalue weighted by Gasteiger charge is -1.93. The molecule has 0 fully saturated rings. The number of furan rings is 2. The molecular formula is C12H9NO4. The summed E-state index contributed by atoms with van der Waals surface area (Å²) in [7, 11) is 0. The molecule has 0 radical (unpaired) electrons. The van der Waals surface area contributed by atoms with Crippen LogP contribution in [-0.4, -0.2) is 4.92 Å². The predicted molar refractivity (Wildman–Crippen MR) is 61.4 cm³/mol. The Labute approximate surface area is 96.8 Å². The van der Waals surface area contributed by atoms with E-state index in [0.717, 1.165) is 6.20 Å². The molecule has 5 nitrogen and oxygen atoms in total. The fraction of sp³-hybridized carbons (Fsp3) is 0. The molecule has 0 saturated heterocycles. The number of rotatable bonds is 4. The number of hydrogen-bond acceptors (Lipinski definition) is 4. The minimum absolute atomic E-state index is 0.372. The molecule has 0 saturated carbocycles. The van der Waals surface area contributed by atoms with Crippen LogP contribution in [0.1, 0.15) is 11.5 Å². The molecule has 0 atom stereocenters. The van der Waals surface area contributed by atoms with E-state index in [0.29, 0.717) is 17.1 Å². The number of hydrogen-bond donors (Lipinski definition) is 0. The monoisotopic (exact) mass is 231 g/mol. The van der Waals surface area contributed by atoms with Gasteiger partial charge in [0.1, 0.15) is 11.5 Å². The van der Waals surface area contributed by atoms with Gasteiger partial charge in [0.05, 0.1) is 23.0 Å². The van der Waals surface area contributed by atoms with E-state index >= 15 is 0 Å². The summed E-state index contributed by atoms with van der Waals surface area (Å²) in [6, 6.07) is 6.82. The Bertz CT molecular complexity index is 535. The third-order valence-corrected chi connectivity index (χ3v) is 2.02. The first-order valence-electron chi connectivity index (χ1n) is 4.86. The van der Waals surface area contributed by atoms with E-state index in [9.17, 15) is 10.1 Å². The highest BCUT2D eigenvalue weighted by atomic mass is 16.6. The van der Waals surface area contributed by atoms with Crippen molar-refractivity contribution in [1.82, 2.24) is 0 Å². The van der Waals surface area contributed by atoms with Gasteiger partial charge in [-0.25, -0.2) is 0 Å². The highest BCUT2D eigenvalue weighted by Crippen LogP contribution is 2.18. The molecule has 2 aromatic rings. The summed E-state index contributed by atoms with van der Waals surface area (Å²) in [5, 5.41) is 10.5. The van der Waals surface area contributed by atoms with E-state index in [1.165, 1.54) is 12.5 Å². The molecule has 0 unspecified atom stereocenters. The van der Waals surface area contributed by atoms with E-state index < -0.39 is 4.92 Å². The number of allylic oxidation sites excluding steroid dienone is 2. The fourth-order valence-electron chi connectivity index (χ4n) is 1.30. The van der Waals surface area contributed by atoms with Gasteiger partial charge in [0.15, 0.2) is 0 Å². The highest BCUT2D eigenvalue weighted by Gasteiger charge is 2.06. The molecule has 2 heterocycles. The average Bonchev–Trinajstić information content (AvgIpc) is 2.96. The van der Waals surface area contributed by atoms with Crippen LogP contribution in [0.2, 0.25) is 0 Å². The lowest BCUT2D eigenvalue weighted by atomic mass is 10.2. The predicted octanol–water partition coefficient (Wildman–Crippen LogP) is 3.20. The van der Waals surface area contributed by atoms with E-state index in [-0.39, 0.29) is 0 Å². The Balaban J connectivity index is 2.26. The molecule has 0 amide bonds. The molecule has 17 heavy (non-hydrogen) atoms. The average molecular weight is 231 g/mol. The van der Waals surface area contributed by atoms with Crippen LogP contribution in [0.4, 0.5) is 0 Å². The van der Waals surface area contributed by atoms with Gasteiger partial charge >= 0.3 is 0 Å². The van der Waals surface area contributed by atoms with Gasteiger partial charge in [-0.15, -0.1) is 0 Å². The minimum atomic E-state index is -0.523. The third kappa shape index (κ3) is 2.94. The Kier molecular flexibility index (Phi) is 3.20. The van der Waals surface area contributed by atoms with Crippen molar-refractivity contribution in [1.29, 1.82) is 0 Å². The molecule has 2 aromatic heterocycles. The fourth-order valence-corrected chi connectivity index (χ4v) is 1.30. The summed E-state index contributed by atoms with van der Waals surface area (Å²) in [6.07, 6.45) is 7.09. The molecule has 0 aliphatic heterocycles. The van der Waals surface area contributed by atoms with E-state index in [1.807, 2.05) is 0 Å². The molecule has 0 aromatic carbocycles. The van der Waals surface area contributed by atoms with Gasteiger partial charge in [-0.1, -0.05) is 0 Å². The van der Waals surface area contributed by atoms with Crippen LogP contribution >= 0.6 is 0 Å². The smallest absolute Gasteiger partial charge is 0.245 e. The van der Waals surface area contributed by atoms with Crippen LogP contribution < -0.4 is 0 Å². The normalized spacial score (nSPS) is 12.1. The van der Waals surface area contributed by atoms with E-state index in [2.05, 4.69) is 0 Å². The summed E-state index contributed by atoms with van der Waals surface area (Å²) < 4.78 is 10.2. The van der Waals surface area contributed by atoms with Gasteiger partial charge in [0.2, 0.25) is 6.20 Å². The lowest BCUT2D eigenvalue weighted by Crippen LogP contribution is -1.87. The van der Waals surface area contributed by atoms with Gasteiger partial charge in [-0.2, -0.15) is 0 Å². The van der Waals surface area contributed by atoms with Crippen molar-refractivity contribution in [2.24, 2.45) is 0 Å². The second-order valence-electron chi connectivity index (χ2n) is 3.20. The minimum Gasteiger partial charge on any atom is -0.465 e. The Morgan fingerprint density at radius 2 is 2.00 bits per heavy atom. The molecule has 0 spiro atoms. The third-order valence-electron chi connectivity index (χ3n) is 2.02. The summed E-state index contributed by atoms with van der Waals surface area (Å²) in [5.41, 5.74) is 0.372. The molecule has 0 bridgehead atoms. The van der Waals surface area contributed by atoms with Crippen molar-refractivity contribution < 1.29 is 13.8 Å². The SMILES string of the molecule is O=[N+]([O-])/C=C(\C=C\c1ccco1)c1ccco1. The number of nitro groups is 1. The zero-order valence-electron chi connectivity index (χ0n) is 8.78. The molecule has 5 heteroatoms. The maximum Gasteiger partial charge on any atom is 0.245 e. The maximum absolute atomic E-state index is 10.5. The summed E-state index contributed by atoms with van der Waals surface area (Å²) in [4.78, 5) is 9.97. The second kappa shape index (κ2) is 4.98. The number of nitrogens with zero attached hydrogens (tertiary/aromatic N) is 1. The Hall–Kier alpha value is -2.56. The van der Waals surface area contributed by atoms with Crippen LogP contribution in [-0.2, 0) is 0 Å². The van der Waals surface area contributed by atoms with Crippen molar-refractivity contribution in [2.45, 2.75) is 0 Å². The van der Waals surface area contributed by atoms with Gasteiger partial charge in [-0.3, -0.25) is 10.1 Å². The molecule has 0 aliphatic carbocycles. The quantitative estimate of drug-likeness (QED) is 0.460. The van der Waals surface area contributed by atoms with Crippen molar-refractivity contribution in [3.05, 3.63) is 70.7 Å². The van der Waals surface area contributed by atoms with Gasteiger partial charge in [-0.05, 0) is 36.4 Å². The van der Waals surface area contributed by atoms with Crippen LogP contribution in [0.3, 0.4) is 0 Å². The highest BCUT2D eigenvalue weighted by molar-refractivity contribution is 5.74. The summed E-state index contributed by atoms with van der Waals surface area (Å²) >= 11 is 0.